The van der Waals surface area contributed by atoms with E-state index in [1.807, 2.05) is 19.1 Å². The number of carbonyl (C=O) groups is 2. The number of fused-ring (bicyclic) bond motifs is 1. The van der Waals surface area contributed by atoms with Gasteiger partial charge in [0, 0.05) is 12.3 Å². The van der Waals surface area contributed by atoms with Gasteiger partial charge in [-0.1, -0.05) is 25.2 Å². The lowest BCUT2D eigenvalue weighted by Crippen LogP contribution is -2.43. The van der Waals surface area contributed by atoms with Crippen LogP contribution in [0.3, 0.4) is 0 Å². The molecular formula is C23H36O8. The number of esters is 1. The van der Waals surface area contributed by atoms with E-state index in [1.165, 1.54) is 6.92 Å². The summed E-state index contributed by atoms with van der Waals surface area (Å²) in [7, 11) is 0. The first kappa shape index (κ1) is 25.5. The zero-order valence-corrected chi connectivity index (χ0v) is 18.4. The fourth-order valence-corrected chi connectivity index (χ4v) is 4.54. The third kappa shape index (κ3) is 7.14. The maximum atomic E-state index is 12.5. The summed E-state index contributed by atoms with van der Waals surface area (Å²) in [6.45, 7) is 5.18. The van der Waals surface area contributed by atoms with Crippen LogP contribution in [0.5, 0.6) is 0 Å². The number of hydrogen-bond donors (Lipinski definition) is 5. The lowest BCUT2D eigenvalue weighted by molar-refractivity contribution is -0.162. The number of ether oxygens (including phenoxy) is 1. The standard InChI is InChI=1S/C23H36O8/c1-12-4-5-15-8-17(26)10-20(31-23(30)13(2)14(3)24)22(15)19(12)7-6-16(25)9-18(27)11-21(28)29/h4-5,8,12-14,16-20,22,24-27H,6-7,9-11H2,1-3H3,(H,28,29)/t12-,13-,14?,16+,17+,18+,19-,20-,22-/m0/s1. The van der Waals surface area contributed by atoms with Gasteiger partial charge in [0.25, 0.3) is 0 Å². The van der Waals surface area contributed by atoms with Crippen molar-refractivity contribution < 1.29 is 39.9 Å². The second-order valence-electron chi connectivity index (χ2n) is 9.10. The predicted octanol–water partition coefficient (Wildman–Crippen LogP) is 1.41. The molecule has 0 aromatic rings. The van der Waals surface area contributed by atoms with E-state index in [4.69, 9.17) is 9.84 Å². The van der Waals surface area contributed by atoms with Crippen molar-refractivity contribution in [1.29, 1.82) is 0 Å². The van der Waals surface area contributed by atoms with Crippen molar-refractivity contribution in [2.75, 3.05) is 0 Å². The zero-order chi connectivity index (χ0) is 23.3. The molecule has 9 atom stereocenters. The van der Waals surface area contributed by atoms with Gasteiger partial charge in [0.1, 0.15) is 6.10 Å². The highest BCUT2D eigenvalue weighted by Gasteiger charge is 2.42. The highest BCUT2D eigenvalue weighted by atomic mass is 16.5. The third-order valence-electron chi connectivity index (χ3n) is 6.52. The number of hydrogen-bond acceptors (Lipinski definition) is 7. The maximum Gasteiger partial charge on any atom is 0.311 e. The van der Waals surface area contributed by atoms with Gasteiger partial charge in [0.05, 0.1) is 36.8 Å². The van der Waals surface area contributed by atoms with Gasteiger partial charge in [-0.05, 0) is 50.5 Å². The second-order valence-corrected chi connectivity index (χ2v) is 9.10. The third-order valence-corrected chi connectivity index (χ3v) is 6.52. The van der Waals surface area contributed by atoms with Crippen LogP contribution in [0.1, 0.15) is 52.9 Å². The van der Waals surface area contributed by atoms with Crippen LogP contribution in [0.4, 0.5) is 0 Å². The average molecular weight is 441 g/mol. The second kappa shape index (κ2) is 11.2. The Morgan fingerprint density at radius 3 is 2.48 bits per heavy atom. The Balaban J connectivity index is 2.10. The first-order valence-corrected chi connectivity index (χ1v) is 11.0. The number of aliphatic hydroxyl groups is 4. The molecule has 0 fully saturated rings. The minimum atomic E-state index is -1.11. The van der Waals surface area contributed by atoms with Crippen molar-refractivity contribution in [3.8, 4) is 0 Å². The predicted molar refractivity (Wildman–Crippen MR) is 113 cm³/mol. The van der Waals surface area contributed by atoms with E-state index in [9.17, 15) is 30.0 Å². The molecule has 2 rings (SSSR count). The first-order valence-electron chi connectivity index (χ1n) is 11.0. The molecular weight excluding hydrogens is 404 g/mol. The van der Waals surface area contributed by atoms with Crippen molar-refractivity contribution >= 4 is 11.9 Å². The molecule has 0 amide bonds. The molecule has 0 bridgehead atoms. The molecule has 1 unspecified atom stereocenters. The lowest BCUT2D eigenvalue weighted by Gasteiger charge is -2.43. The van der Waals surface area contributed by atoms with Gasteiger partial charge in [-0.2, -0.15) is 0 Å². The minimum Gasteiger partial charge on any atom is -0.481 e. The Morgan fingerprint density at radius 2 is 1.87 bits per heavy atom. The van der Waals surface area contributed by atoms with E-state index in [2.05, 4.69) is 0 Å². The van der Waals surface area contributed by atoms with Crippen LogP contribution in [0.15, 0.2) is 23.8 Å². The SMILES string of the molecule is CC(O)[C@H](C)C(=O)O[C@H]1C[C@H](O)C=C2C=C[C@H](C)[C@H](CC[C@@H](O)C[C@@H](O)CC(=O)O)[C@H]21. The zero-order valence-electron chi connectivity index (χ0n) is 18.4. The number of carboxylic acids is 1. The smallest absolute Gasteiger partial charge is 0.311 e. The van der Waals surface area contributed by atoms with Gasteiger partial charge in [0.2, 0.25) is 0 Å². The first-order chi connectivity index (χ1) is 14.5. The Labute approximate surface area is 183 Å². The fraction of sp³-hybridized carbons (Fsp3) is 0.739. The number of aliphatic hydroxyl groups excluding tert-OH is 4. The molecule has 0 spiro atoms. The van der Waals surface area contributed by atoms with Gasteiger partial charge < -0.3 is 30.3 Å². The van der Waals surface area contributed by atoms with Crippen LogP contribution in [-0.2, 0) is 14.3 Å². The van der Waals surface area contributed by atoms with Gasteiger partial charge in [-0.3, -0.25) is 9.59 Å². The lowest BCUT2D eigenvalue weighted by atomic mass is 9.66. The van der Waals surface area contributed by atoms with Crippen LogP contribution >= 0.6 is 0 Å². The molecule has 0 radical (unpaired) electrons. The van der Waals surface area contributed by atoms with E-state index in [0.29, 0.717) is 12.8 Å². The summed E-state index contributed by atoms with van der Waals surface area (Å²) >= 11 is 0. The Bertz CT molecular complexity index is 685. The Kier molecular flexibility index (Phi) is 9.24. The van der Waals surface area contributed by atoms with Gasteiger partial charge in [0.15, 0.2) is 0 Å². The van der Waals surface area contributed by atoms with Gasteiger partial charge >= 0.3 is 11.9 Å². The molecule has 0 heterocycles. The van der Waals surface area contributed by atoms with Crippen molar-refractivity contribution in [2.24, 2.45) is 23.7 Å². The van der Waals surface area contributed by atoms with Crippen LogP contribution in [0, 0.1) is 23.7 Å². The average Bonchev–Trinajstić information content (AvgIpc) is 2.65. The molecule has 8 heteroatoms. The van der Waals surface area contributed by atoms with E-state index in [0.717, 1.165) is 5.57 Å². The van der Waals surface area contributed by atoms with Gasteiger partial charge in [-0.25, -0.2) is 0 Å². The molecule has 0 saturated heterocycles. The van der Waals surface area contributed by atoms with Crippen molar-refractivity contribution in [3.63, 3.8) is 0 Å². The summed E-state index contributed by atoms with van der Waals surface area (Å²) in [5.74, 6) is -2.27. The van der Waals surface area contributed by atoms with E-state index < -0.39 is 54.8 Å². The van der Waals surface area contributed by atoms with Crippen LogP contribution in [0.25, 0.3) is 0 Å². The highest BCUT2D eigenvalue weighted by molar-refractivity contribution is 5.73. The fourth-order valence-electron chi connectivity index (χ4n) is 4.54. The molecule has 0 aromatic carbocycles. The highest BCUT2D eigenvalue weighted by Crippen LogP contribution is 2.44. The molecule has 0 saturated carbocycles. The molecule has 31 heavy (non-hydrogen) atoms. The summed E-state index contributed by atoms with van der Waals surface area (Å²) in [6, 6.07) is 0. The summed E-state index contributed by atoms with van der Waals surface area (Å²) < 4.78 is 5.75. The molecule has 0 aliphatic heterocycles. The largest absolute Gasteiger partial charge is 0.481 e. The van der Waals surface area contributed by atoms with Crippen molar-refractivity contribution in [2.45, 2.75) is 83.4 Å². The molecule has 2 aliphatic rings. The molecule has 5 N–H and O–H groups in total. The maximum absolute atomic E-state index is 12.5. The number of allylic oxidation sites excluding steroid dienone is 2. The molecule has 2 aliphatic carbocycles. The summed E-state index contributed by atoms with van der Waals surface area (Å²) in [5.41, 5.74) is 0.893. The van der Waals surface area contributed by atoms with E-state index in [-0.39, 0.29) is 30.6 Å². The van der Waals surface area contributed by atoms with E-state index >= 15 is 0 Å². The molecule has 176 valence electrons. The van der Waals surface area contributed by atoms with Crippen molar-refractivity contribution in [1.82, 2.24) is 0 Å². The monoisotopic (exact) mass is 440 g/mol. The number of carbonyl (C=O) groups excluding carboxylic acids is 1. The molecule has 8 nitrogen and oxygen atoms in total. The van der Waals surface area contributed by atoms with Crippen LogP contribution < -0.4 is 0 Å². The Hall–Kier alpha value is -1.74. The summed E-state index contributed by atoms with van der Waals surface area (Å²) in [4.78, 5) is 23.2. The number of carboxylic acid groups (broad SMARTS) is 1. The summed E-state index contributed by atoms with van der Waals surface area (Å²) in [5, 5.41) is 48.8. The normalized spacial score (nSPS) is 31.7. The van der Waals surface area contributed by atoms with E-state index in [1.54, 1.807) is 13.0 Å². The minimum absolute atomic E-state index is 0.0143. The number of rotatable bonds is 10. The van der Waals surface area contributed by atoms with Gasteiger partial charge in [-0.15, -0.1) is 0 Å². The number of aliphatic carboxylic acids is 1. The summed E-state index contributed by atoms with van der Waals surface area (Å²) in [6.07, 6.45) is 2.49. The Morgan fingerprint density at radius 1 is 1.19 bits per heavy atom. The van der Waals surface area contributed by atoms with Crippen molar-refractivity contribution in [3.05, 3.63) is 23.8 Å². The quantitative estimate of drug-likeness (QED) is 0.321. The van der Waals surface area contributed by atoms with Crippen LogP contribution in [0.2, 0.25) is 0 Å². The van der Waals surface area contributed by atoms with Crippen LogP contribution in [-0.4, -0.2) is 68.0 Å². The molecule has 0 aromatic heterocycles. The topological polar surface area (TPSA) is 145 Å².